The van der Waals surface area contributed by atoms with Crippen molar-refractivity contribution in [3.8, 4) is 6.01 Å². The van der Waals surface area contributed by atoms with Gasteiger partial charge in [-0.2, -0.15) is 18.4 Å². The van der Waals surface area contributed by atoms with Crippen LogP contribution in [0.3, 0.4) is 0 Å². The van der Waals surface area contributed by atoms with Gasteiger partial charge in [0.25, 0.3) is 10.1 Å². The normalized spacial score (nSPS) is 12.0. The van der Waals surface area contributed by atoms with Gasteiger partial charge in [0, 0.05) is 26.2 Å². The average Bonchev–Trinajstić information content (AvgIpc) is 3.12. The van der Waals surface area contributed by atoms with Crippen molar-refractivity contribution >= 4 is 27.1 Å². The fourth-order valence-electron chi connectivity index (χ4n) is 3.67. The minimum absolute atomic E-state index is 0.128. The Hall–Kier alpha value is -2.96. The highest BCUT2D eigenvalue weighted by Gasteiger charge is 2.15. The lowest BCUT2D eigenvalue weighted by Gasteiger charge is -2.22. The van der Waals surface area contributed by atoms with Crippen LogP contribution in [0.25, 0.3) is 11.2 Å². The Kier molecular flexibility index (Phi) is 9.64. The molecule has 0 aliphatic heterocycles. The maximum absolute atomic E-state index is 12.6. The number of benzene rings is 1. The molecule has 192 valence electrons. The summed E-state index contributed by atoms with van der Waals surface area (Å²) in [5.41, 5.74) is 7.69. The number of hydrogen-bond donors (Lipinski definition) is 2. The van der Waals surface area contributed by atoms with Gasteiger partial charge in [0.2, 0.25) is 0 Å². The van der Waals surface area contributed by atoms with Crippen LogP contribution >= 0.6 is 0 Å². The number of rotatable bonds is 15. The molecule has 11 nitrogen and oxygen atoms in total. The van der Waals surface area contributed by atoms with Crippen LogP contribution < -0.4 is 16.2 Å². The topological polar surface area (TPSA) is 145 Å². The first-order valence-corrected chi connectivity index (χ1v) is 13.6. The zero-order chi connectivity index (χ0) is 25.3. The van der Waals surface area contributed by atoms with Crippen molar-refractivity contribution in [2.75, 3.05) is 38.3 Å². The van der Waals surface area contributed by atoms with E-state index in [0.717, 1.165) is 24.7 Å². The summed E-state index contributed by atoms with van der Waals surface area (Å²) in [6.45, 7) is 5.13. The van der Waals surface area contributed by atoms with Crippen LogP contribution in [0.15, 0.2) is 35.1 Å². The van der Waals surface area contributed by atoms with Crippen molar-refractivity contribution < 1.29 is 17.3 Å². The fourth-order valence-corrected chi connectivity index (χ4v) is 4.09. The summed E-state index contributed by atoms with van der Waals surface area (Å²) in [6.07, 6.45) is 4.13. The van der Waals surface area contributed by atoms with Gasteiger partial charge in [-0.25, -0.2) is 4.79 Å². The molecule has 0 saturated carbocycles. The molecule has 0 saturated heterocycles. The van der Waals surface area contributed by atoms with Crippen molar-refractivity contribution in [2.24, 2.45) is 0 Å². The van der Waals surface area contributed by atoms with Crippen molar-refractivity contribution in [1.29, 1.82) is 0 Å². The number of nitrogens with one attached hydrogen (secondary N) is 1. The lowest BCUT2D eigenvalue weighted by Crippen LogP contribution is -2.28. The summed E-state index contributed by atoms with van der Waals surface area (Å²) >= 11 is 0. The number of aryl methyl sites for hydroxylation is 1. The number of nitrogens with zero attached hydrogens (tertiary/aromatic N) is 4. The van der Waals surface area contributed by atoms with Gasteiger partial charge in [-0.15, -0.1) is 0 Å². The molecule has 12 heteroatoms. The molecule has 1 aromatic carbocycles. The summed E-state index contributed by atoms with van der Waals surface area (Å²) < 4.78 is 34.5. The highest BCUT2D eigenvalue weighted by molar-refractivity contribution is 7.85. The summed E-state index contributed by atoms with van der Waals surface area (Å²) in [5.74, 6) is 0.175. The molecule has 0 spiro atoms. The molecule has 2 aromatic heterocycles. The predicted molar refractivity (Wildman–Crippen MR) is 135 cm³/mol. The Labute approximate surface area is 205 Å². The van der Waals surface area contributed by atoms with Gasteiger partial charge in [-0.1, -0.05) is 43.7 Å². The standard InChI is InChI=1S/C23H34N6O5S/c1-3-4-15-33-22-26-20(24)19-21(27-22)29(23(30)25-19)14-8-12-28(13-9-16-34-35(2,31)32)17-18-10-6-5-7-11-18/h5-7,10-11H,3-4,8-9,12-17H2,1-2H3,(H,25,30)(H2,24,26,27). The number of aromatic nitrogens is 4. The largest absolute Gasteiger partial charge is 0.463 e. The lowest BCUT2D eigenvalue weighted by atomic mass is 10.2. The Morgan fingerprint density at radius 2 is 1.83 bits per heavy atom. The Balaban J connectivity index is 1.67. The number of unbranched alkanes of at least 4 members (excludes halogenated alkanes) is 1. The molecule has 0 radical (unpaired) electrons. The van der Waals surface area contributed by atoms with E-state index in [1.165, 1.54) is 0 Å². The number of ether oxygens (including phenoxy) is 1. The molecule has 35 heavy (non-hydrogen) atoms. The molecule has 3 aromatic rings. The van der Waals surface area contributed by atoms with Crippen LogP contribution in [0.1, 0.15) is 38.2 Å². The number of fused-ring (bicyclic) bond motifs is 1. The van der Waals surface area contributed by atoms with Gasteiger partial charge in [0.05, 0.1) is 19.5 Å². The maximum atomic E-state index is 12.6. The highest BCUT2D eigenvalue weighted by Crippen LogP contribution is 2.18. The molecule has 0 aliphatic rings. The number of H-pyrrole nitrogens is 1. The zero-order valence-electron chi connectivity index (χ0n) is 20.3. The molecule has 0 fully saturated rings. The molecule has 2 heterocycles. The third-order valence-electron chi connectivity index (χ3n) is 5.38. The van der Waals surface area contributed by atoms with Crippen LogP contribution in [-0.2, 0) is 27.4 Å². The Morgan fingerprint density at radius 3 is 2.54 bits per heavy atom. The second kappa shape index (κ2) is 12.7. The first kappa shape index (κ1) is 26.6. The third kappa shape index (κ3) is 8.34. The second-order valence-electron chi connectivity index (χ2n) is 8.37. The molecule has 0 unspecified atom stereocenters. The molecule has 0 atom stereocenters. The van der Waals surface area contributed by atoms with Gasteiger partial charge in [-0.05, 0) is 24.8 Å². The van der Waals surface area contributed by atoms with E-state index in [4.69, 9.17) is 14.7 Å². The number of nitrogen functional groups attached to an aromatic ring is 1. The smallest absolute Gasteiger partial charge is 0.327 e. The Bertz CT molecular complexity index is 1240. The van der Waals surface area contributed by atoms with Crippen molar-refractivity contribution in [3.63, 3.8) is 0 Å². The fraction of sp³-hybridized carbons (Fsp3) is 0.522. The van der Waals surface area contributed by atoms with Gasteiger partial charge in [0.1, 0.15) is 5.52 Å². The van der Waals surface area contributed by atoms with E-state index < -0.39 is 10.1 Å². The van der Waals surface area contributed by atoms with Crippen molar-refractivity contribution in [2.45, 2.75) is 45.7 Å². The van der Waals surface area contributed by atoms with E-state index in [1.54, 1.807) is 4.57 Å². The monoisotopic (exact) mass is 506 g/mol. The first-order valence-electron chi connectivity index (χ1n) is 11.8. The van der Waals surface area contributed by atoms with Gasteiger partial charge < -0.3 is 15.5 Å². The first-order chi connectivity index (χ1) is 16.8. The maximum Gasteiger partial charge on any atom is 0.327 e. The summed E-state index contributed by atoms with van der Waals surface area (Å²) in [4.78, 5) is 26.1. The average molecular weight is 507 g/mol. The van der Waals surface area contributed by atoms with E-state index in [0.29, 0.717) is 56.8 Å². The van der Waals surface area contributed by atoms with E-state index in [1.807, 2.05) is 30.3 Å². The third-order valence-corrected chi connectivity index (χ3v) is 5.98. The number of nitrogens with two attached hydrogens (primary N) is 1. The molecule has 3 N–H and O–H groups in total. The number of imidazole rings is 1. The van der Waals surface area contributed by atoms with Gasteiger partial charge in [0.15, 0.2) is 11.5 Å². The lowest BCUT2D eigenvalue weighted by molar-refractivity contribution is 0.226. The van der Waals surface area contributed by atoms with E-state index in [-0.39, 0.29) is 24.1 Å². The molecule has 3 rings (SSSR count). The van der Waals surface area contributed by atoms with Crippen molar-refractivity contribution in [1.82, 2.24) is 24.4 Å². The minimum atomic E-state index is -3.46. The molecular weight excluding hydrogens is 472 g/mol. The van der Waals surface area contributed by atoms with Gasteiger partial charge in [-0.3, -0.25) is 13.7 Å². The van der Waals surface area contributed by atoms with Crippen molar-refractivity contribution in [3.05, 3.63) is 46.4 Å². The van der Waals surface area contributed by atoms with Crippen LogP contribution in [0.2, 0.25) is 0 Å². The molecule has 0 bridgehead atoms. The van der Waals surface area contributed by atoms with E-state index in [2.05, 4.69) is 26.8 Å². The molecule has 0 amide bonds. The summed E-state index contributed by atoms with van der Waals surface area (Å²) in [7, 11) is -3.46. The molecule has 0 aliphatic carbocycles. The number of aromatic amines is 1. The summed E-state index contributed by atoms with van der Waals surface area (Å²) in [5, 5.41) is 0. The Morgan fingerprint density at radius 1 is 1.09 bits per heavy atom. The highest BCUT2D eigenvalue weighted by atomic mass is 32.2. The zero-order valence-corrected chi connectivity index (χ0v) is 21.1. The van der Waals surface area contributed by atoms with E-state index in [9.17, 15) is 13.2 Å². The predicted octanol–water partition coefficient (Wildman–Crippen LogP) is 2.14. The second-order valence-corrected chi connectivity index (χ2v) is 10.0. The quantitative estimate of drug-likeness (QED) is 0.234. The van der Waals surface area contributed by atoms with Crippen LogP contribution in [0.5, 0.6) is 6.01 Å². The SMILES string of the molecule is CCCCOc1nc(N)c2[nH]c(=O)n(CCCN(CCCOS(C)(=O)=O)Cc3ccccc3)c2n1. The summed E-state index contributed by atoms with van der Waals surface area (Å²) in [6, 6.07) is 10.2. The van der Waals surface area contributed by atoms with Crippen LogP contribution in [0.4, 0.5) is 5.82 Å². The van der Waals surface area contributed by atoms with Crippen LogP contribution in [-0.4, -0.2) is 65.4 Å². The van der Waals surface area contributed by atoms with Gasteiger partial charge >= 0.3 is 11.7 Å². The number of hydrogen-bond acceptors (Lipinski definition) is 9. The molecular formula is C23H34N6O5S. The van der Waals surface area contributed by atoms with E-state index >= 15 is 0 Å². The minimum Gasteiger partial charge on any atom is -0.463 e. The number of anilines is 1. The van der Waals surface area contributed by atoms with Crippen LogP contribution in [0, 0.1) is 0 Å².